The Morgan fingerprint density at radius 2 is 1.96 bits per heavy atom. The van der Waals surface area contributed by atoms with Crippen molar-refractivity contribution in [3.63, 3.8) is 0 Å². The quantitative estimate of drug-likeness (QED) is 0.590. The summed E-state index contributed by atoms with van der Waals surface area (Å²) in [5.74, 6) is 0.977. The number of amides is 1. The zero-order valence-electron chi connectivity index (χ0n) is 15.8. The van der Waals surface area contributed by atoms with Crippen LogP contribution in [0.15, 0.2) is 53.4 Å². The Morgan fingerprint density at radius 3 is 2.59 bits per heavy atom. The lowest BCUT2D eigenvalue weighted by Gasteiger charge is -2.32. The van der Waals surface area contributed by atoms with Gasteiger partial charge in [0.25, 0.3) is 0 Å². The monoisotopic (exact) mass is 383 g/mol. The van der Waals surface area contributed by atoms with Gasteiger partial charge in [0.05, 0.1) is 11.3 Å². The SMILES string of the molecule is CC(=O)N(C)[C@@H](C)[C@@H](Oc1cccc2c1CC(C(=N)N)S2)c1ccccc1. The molecule has 3 atom stereocenters. The van der Waals surface area contributed by atoms with Gasteiger partial charge in [0.15, 0.2) is 0 Å². The topological polar surface area (TPSA) is 79.4 Å². The van der Waals surface area contributed by atoms with Gasteiger partial charge in [0.2, 0.25) is 5.91 Å². The molecule has 0 saturated heterocycles. The molecule has 3 rings (SSSR count). The number of hydrogen-bond donors (Lipinski definition) is 2. The van der Waals surface area contributed by atoms with Crippen molar-refractivity contribution in [1.29, 1.82) is 5.41 Å². The fourth-order valence-electron chi connectivity index (χ4n) is 3.24. The molecule has 3 N–H and O–H groups in total. The van der Waals surface area contributed by atoms with Crippen molar-refractivity contribution in [2.45, 2.75) is 42.6 Å². The highest BCUT2D eigenvalue weighted by molar-refractivity contribution is 8.01. The van der Waals surface area contributed by atoms with Gasteiger partial charge in [-0.1, -0.05) is 36.4 Å². The molecule has 27 heavy (non-hydrogen) atoms. The third-order valence-electron chi connectivity index (χ3n) is 5.02. The Labute approximate surface area is 164 Å². The minimum Gasteiger partial charge on any atom is -0.483 e. The number of amidine groups is 1. The van der Waals surface area contributed by atoms with Crippen molar-refractivity contribution in [3.05, 3.63) is 59.7 Å². The highest BCUT2D eigenvalue weighted by Gasteiger charge is 2.31. The highest BCUT2D eigenvalue weighted by Crippen LogP contribution is 2.43. The number of nitrogens with one attached hydrogen (secondary N) is 1. The molecule has 0 spiro atoms. The average molecular weight is 384 g/mol. The molecule has 0 saturated carbocycles. The molecule has 0 fully saturated rings. The van der Waals surface area contributed by atoms with Gasteiger partial charge in [-0.05, 0) is 31.0 Å². The van der Waals surface area contributed by atoms with Gasteiger partial charge in [-0.3, -0.25) is 10.2 Å². The molecule has 2 aromatic rings. The van der Waals surface area contributed by atoms with Crippen LogP contribution in [0.2, 0.25) is 0 Å². The lowest BCUT2D eigenvalue weighted by Crippen LogP contribution is -2.39. The van der Waals surface area contributed by atoms with E-state index in [9.17, 15) is 4.79 Å². The maximum absolute atomic E-state index is 11.9. The summed E-state index contributed by atoms with van der Waals surface area (Å²) in [7, 11) is 1.79. The second kappa shape index (κ2) is 8.05. The van der Waals surface area contributed by atoms with Crippen LogP contribution in [-0.2, 0) is 11.2 Å². The summed E-state index contributed by atoms with van der Waals surface area (Å²) in [4.78, 5) is 14.7. The zero-order valence-corrected chi connectivity index (χ0v) is 16.6. The molecule has 1 amide bonds. The second-order valence-corrected chi connectivity index (χ2v) is 8.06. The first-order valence-electron chi connectivity index (χ1n) is 8.96. The van der Waals surface area contributed by atoms with Gasteiger partial charge in [-0.2, -0.15) is 0 Å². The van der Waals surface area contributed by atoms with E-state index in [2.05, 4.69) is 0 Å². The number of thioether (sulfide) groups is 1. The molecule has 6 heteroatoms. The summed E-state index contributed by atoms with van der Waals surface area (Å²) in [6, 6.07) is 15.8. The number of rotatable bonds is 6. The van der Waals surface area contributed by atoms with Crippen molar-refractivity contribution in [2.24, 2.45) is 5.73 Å². The van der Waals surface area contributed by atoms with E-state index < -0.39 is 0 Å². The molecule has 0 aliphatic carbocycles. The molecule has 2 aromatic carbocycles. The molecule has 0 radical (unpaired) electrons. The average Bonchev–Trinajstić information content (AvgIpc) is 3.11. The van der Waals surface area contributed by atoms with Crippen molar-refractivity contribution in [1.82, 2.24) is 4.90 Å². The van der Waals surface area contributed by atoms with Crippen molar-refractivity contribution in [2.75, 3.05) is 7.05 Å². The Hall–Kier alpha value is -2.47. The van der Waals surface area contributed by atoms with Crippen LogP contribution in [0.4, 0.5) is 0 Å². The fourth-order valence-corrected chi connectivity index (χ4v) is 4.40. The summed E-state index contributed by atoms with van der Waals surface area (Å²) < 4.78 is 6.49. The molecule has 1 aliphatic heterocycles. The van der Waals surface area contributed by atoms with E-state index in [4.69, 9.17) is 15.9 Å². The van der Waals surface area contributed by atoms with E-state index in [1.165, 1.54) is 0 Å². The number of likely N-dealkylation sites (N-methyl/N-ethyl adjacent to an activating group) is 1. The number of ether oxygens (including phenoxy) is 1. The van der Waals surface area contributed by atoms with Crippen LogP contribution in [0.25, 0.3) is 0 Å². The third kappa shape index (κ3) is 4.11. The number of carbonyl (C=O) groups excluding carboxylic acids is 1. The minimum absolute atomic E-state index is 0.00230. The van der Waals surface area contributed by atoms with Gasteiger partial charge >= 0.3 is 0 Å². The van der Waals surface area contributed by atoms with Crippen LogP contribution >= 0.6 is 11.8 Å². The van der Waals surface area contributed by atoms with E-state index in [1.807, 2.05) is 55.5 Å². The second-order valence-electron chi connectivity index (χ2n) is 6.82. The largest absolute Gasteiger partial charge is 0.483 e. The maximum Gasteiger partial charge on any atom is 0.219 e. The summed E-state index contributed by atoms with van der Waals surface area (Å²) in [5.41, 5.74) is 7.82. The van der Waals surface area contributed by atoms with E-state index in [0.29, 0.717) is 6.42 Å². The molecule has 1 unspecified atom stereocenters. The fraction of sp³-hybridized carbons (Fsp3) is 0.333. The first-order chi connectivity index (χ1) is 12.9. The molecule has 5 nitrogen and oxygen atoms in total. The van der Waals surface area contributed by atoms with E-state index in [-0.39, 0.29) is 29.1 Å². The lowest BCUT2D eigenvalue weighted by molar-refractivity contribution is -0.131. The number of hydrogen-bond acceptors (Lipinski definition) is 4. The van der Waals surface area contributed by atoms with Crippen LogP contribution in [0.5, 0.6) is 5.75 Å². The first kappa shape index (κ1) is 19.3. The van der Waals surface area contributed by atoms with Crippen molar-refractivity contribution >= 4 is 23.5 Å². The predicted molar refractivity (Wildman–Crippen MR) is 109 cm³/mol. The molecule has 1 heterocycles. The van der Waals surface area contributed by atoms with Crippen molar-refractivity contribution < 1.29 is 9.53 Å². The molecular weight excluding hydrogens is 358 g/mol. The minimum atomic E-state index is -0.298. The number of fused-ring (bicyclic) bond motifs is 1. The summed E-state index contributed by atoms with van der Waals surface area (Å²) >= 11 is 1.61. The van der Waals surface area contributed by atoms with Gasteiger partial charge in [0, 0.05) is 24.4 Å². The lowest BCUT2D eigenvalue weighted by atomic mass is 10.0. The molecule has 0 aromatic heterocycles. The Kier molecular flexibility index (Phi) is 5.75. The maximum atomic E-state index is 11.9. The smallest absolute Gasteiger partial charge is 0.219 e. The number of nitrogens with two attached hydrogens (primary N) is 1. The van der Waals surface area contributed by atoms with Gasteiger partial charge < -0.3 is 15.4 Å². The Bertz CT molecular complexity index is 841. The highest BCUT2D eigenvalue weighted by atomic mass is 32.2. The number of nitrogens with zero attached hydrogens (tertiary/aromatic N) is 1. The van der Waals surface area contributed by atoms with Gasteiger partial charge in [-0.25, -0.2) is 0 Å². The standard InChI is InChI=1S/C21H25N3O2S/c1-13(24(3)14(2)25)20(15-8-5-4-6-9-15)26-17-10-7-11-18-16(17)12-19(27-18)21(22)23/h4-11,13,19-20H,12H2,1-3H3,(H3,22,23)/t13-,19?,20+/m0/s1. The molecular formula is C21H25N3O2S. The van der Waals surface area contributed by atoms with Gasteiger partial charge in [-0.15, -0.1) is 11.8 Å². The van der Waals surface area contributed by atoms with Crippen LogP contribution < -0.4 is 10.5 Å². The van der Waals surface area contributed by atoms with E-state index in [0.717, 1.165) is 21.8 Å². The molecule has 142 valence electrons. The summed E-state index contributed by atoms with van der Waals surface area (Å²) in [6.45, 7) is 3.56. The number of benzene rings is 2. The summed E-state index contributed by atoms with van der Waals surface area (Å²) in [5, 5.41) is 7.71. The van der Waals surface area contributed by atoms with E-state index in [1.54, 1.807) is 30.6 Å². The zero-order chi connectivity index (χ0) is 19.6. The third-order valence-corrected chi connectivity index (χ3v) is 6.37. The van der Waals surface area contributed by atoms with Crippen LogP contribution in [0.3, 0.4) is 0 Å². The van der Waals surface area contributed by atoms with E-state index >= 15 is 0 Å². The molecule has 0 bridgehead atoms. The van der Waals surface area contributed by atoms with Crippen LogP contribution in [-0.4, -0.2) is 35.0 Å². The normalized spacial score (nSPS) is 17.7. The summed E-state index contributed by atoms with van der Waals surface area (Å²) in [6.07, 6.45) is 0.386. The Morgan fingerprint density at radius 1 is 1.26 bits per heavy atom. The van der Waals surface area contributed by atoms with Crippen LogP contribution in [0.1, 0.15) is 31.1 Å². The Balaban J connectivity index is 1.94. The van der Waals surface area contributed by atoms with Gasteiger partial charge in [0.1, 0.15) is 17.7 Å². The van der Waals surface area contributed by atoms with Crippen molar-refractivity contribution in [3.8, 4) is 5.75 Å². The first-order valence-corrected chi connectivity index (χ1v) is 9.84. The van der Waals surface area contributed by atoms with Crippen LogP contribution in [0, 0.1) is 5.41 Å². The molecule has 1 aliphatic rings. The number of carbonyl (C=O) groups is 1. The predicted octanol–water partition coefficient (Wildman–Crippen LogP) is 3.63.